The summed E-state index contributed by atoms with van der Waals surface area (Å²) in [5.41, 5.74) is 8.28. The first-order valence-electron chi connectivity index (χ1n) is 6.81. The largest absolute Gasteiger partial charge is 0.496 e. The van der Waals surface area contributed by atoms with Gasteiger partial charge < -0.3 is 20.5 Å². The second-order valence-electron chi connectivity index (χ2n) is 4.95. The van der Waals surface area contributed by atoms with Gasteiger partial charge in [-0.05, 0) is 37.1 Å². The quantitative estimate of drug-likeness (QED) is 0.738. The van der Waals surface area contributed by atoms with Crippen LogP contribution < -0.4 is 10.5 Å². The predicted molar refractivity (Wildman–Crippen MR) is 78.6 cm³/mol. The van der Waals surface area contributed by atoms with Crippen molar-refractivity contribution in [2.45, 2.75) is 25.8 Å². The molecule has 0 aromatic heterocycles. The van der Waals surface area contributed by atoms with Gasteiger partial charge in [-0.1, -0.05) is 19.1 Å². The fraction of sp³-hybridized carbons (Fsp3) is 0.600. The van der Waals surface area contributed by atoms with E-state index in [-0.39, 0.29) is 12.6 Å². The van der Waals surface area contributed by atoms with E-state index in [1.165, 1.54) is 11.1 Å². The summed E-state index contributed by atoms with van der Waals surface area (Å²) in [4.78, 5) is 2.14. The lowest BCUT2D eigenvalue weighted by atomic mass is 10.0. The van der Waals surface area contributed by atoms with Gasteiger partial charge in [0.25, 0.3) is 0 Å². The molecule has 0 spiro atoms. The number of ether oxygens (including phenoxy) is 1. The summed E-state index contributed by atoms with van der Waals surface area (Å²) in [5, 5.41) is 8.95. The Morgan fingerprint density at radius 3 is 2.74 bits per heavy atom. The van der Waals surface area contributed by atoms with Crippen LogP contribution in [0.2, 0.25) is 0 Å². The molecule has 0 fully saturated rings. The molecule has 4 nitrogen and oxygen atoms in total. The Morgan fingerprint density at radius 2 is 2.16 bits per heavy atom. The Labute approximate surface area is 116 Å². The predicted octanol–water partition coefficient (Wildman–Crippen LogP) is 1.05. The van der Waals surface area contributed by atoms with E-state index in [4.69, 9.17) is 15.6 Å². The number of nitrogens with two attached hydrogens (primary N) is 1. The molecule has 108 valence electrons. The Balaban J connectivity index is 2.60. The zero-order chi connectivity index (χ0) is 14.3. The smallest absolute Gasteiger partial charge is 0.122 e. The Morgan fingerprint density at radius 1 is 1.42 bits per heavy atom. The van der Waals surface area contributed by atoms with Gasteiger partial charge in [-0.2, -0.15) is 0 Å². The van der Waals surface area contributed by atoms with Gasteiger partial charge in [0.2, 0.25) is 0 Å². The molecule has 1 unspecified atom stereocenters. The lowest BCUT2D eigenvalue weighted by Gasteiger charge is -2.20. The molecule has 1 aromatic rings. The van der Waals surface area contributed by atoms with E-state index in [1.807, 2.05) is 13.1 Å². The van der Waals surface area contributed by atoms with Crippen LogP contribution in [0.3, 0.4) is 0 Å². The summed E-state index contributed by atoms with van der Waals surface area (Å²) < 4.78 is 5.40. The van der Waals surface area contributed by atoms with E-state index in [2.05, 4.69) is 24.0 Å². The number of likely N-dealkylation sites (N-methyl/N-ethyl adjacent to an activating group) is 1. The van der Waals surface area contributed by atoms with Crippen molar-refractivity contribution in [3.8, 4) is 5.75 Å². The van der Waals surface area contributed by atoms with Crippen LogP contribution >= 0.6 is 0 Å². The van der Waals surface area contributed by atoms with Crippen LogP contribution in [-0.4, -0.2) is 49.9 Å². The number of hydrogen-bond acceptors (Lipinski definition) is 4. The van der Waals surface area contributed by atoms with E-state index >= 15 is 0 Å². The van der Waals surface area contributed by atoms with Crippen LogP contribution in [0.5, 0.6) is 5.75 Å². The average Bonchev–Trinajstić information content (AvgIpc) is 2.44. The van der Waals surface area contributed by atoms with Gasteiger partial charge in [-0.25, -0.2) is 0 Å². The van der Waals surface area contributed by atoms with E-state index < -0.39 is 0 Å². The van der Waals surface area contributed by atoms with Crippen molar-refractivity contribution in [2.75, 3.05) is 33.9 Å². The Hall–Kier alpha value is -1.10. The van der Waals surface area contributed by atoms with Gasteiger partial charge in [0, 0.05) is 19.1 Å². The summed E-state index contributed by atoms with van der Waals surface area (Å²) >= 11 is 0. The van der Waals surface area contributed by atoms with Crippen molar-refractivity contribution >= 4 is 0 Å². The molecule has 0 aliphatic carbocycles. The topological polar surface area (TPSA) is 58.7 Å². The van der Waals surface area contributed by atoms with Crippen LogP contribution in [0, 0.1) is 0 Å². The number of nitrogens with zero attached hydrogens (tertiary/aromatic N) is 1. The first kappa shape index (κ1) is 16.0. The van der Waals surface area contributed by atoms with Gasteiger partial charge in [-0.15, -0.1) is 0 Å². The van der Waals surface area contributed by atoms with Gasteiger partial charge in [-0.3, -0.25) is 0 Å². The van der Waals surface area contributed by atoms with Crippen molar-refractivity contribution < 1.29 is 9.84 Å². The number of hydrogen-bond donors (Lipinski definition) is 2. The molecule has 4 heteroatoms. The van der Waals surface area contributed by atoms with Crippen LogP contribution in [0.1, 0.15) is 18.1 Å². The van der Waals surface area contributed by atoms with Crippen molar-refractivity contribution in [3.63, 3.8) is 0 Å². The number of aliphatic hydroxyl groups is 1. The second-order valence-corrected chi connectivity index (χ2v) is 4.95. The van der Waals surface area contributed by atoms with E-state index in [9.17, 15) is 0 Å². The number of rotatable bonds is 8. The van der Waals surface area contributed by atoms with E-state index in [0.717, 1.165) is 25.1 Å². The molecule has 1 rings (SSSR count). The molecular formula is C15H26N2O2. The summed E-state index contributed by atoms with van der Waals surface area (Å²) in [5.74, 6) is 0.942. The number of aliphatic hydroxyl groups excluding tert-OH is 1. The zero-order valence-corrected chi connectivity index (χ0v) is 12.2. The van der Waals surface area contributed by atoms with Crippen molar-refractivity contribution in [1.29, 1.82) is 0 Å². The number of aryl methyl sites for hydroxylation is 1. The van der Waals surface area contributed by atoms with Crippen LogP contribution in [0.4, 0.5) is 0 Å². The third-order valence-corrected chi connectivity index (χ3v) is 3.30. The average molecular weight is 266 g/mol. The third kappa shape index (κ3) is 5.19. The van der Waals surface area contributed by atoms with Crippen LogP contribution in [-0.2, 0) is 12.8 Å². The minimum atomic E-state index is -0.172. The lowest BCUT2D eigenvalue weighted by Crippen LogP contribution is -2.38. The molecule has 0 aliphatic heterocycles. The van der Waals surface area contributed by atoms with Crippen molar-refractivity contribution in [3.05, 3.63) is 29.3 Å². The SMILES string of the molecule is CCc1ccc(OC)c(CCN(C)CC(N)CO)c1. The first-order chi connectivity index (χ1) is 9.10. The number of benzene rings is 1. The zero-order valence-electron chi connectivity index (χ0n) is 12.2. The molecule has 0 amide bonds. The molecule has 0 saturated heterocycles. The first-order valence-corrected chi connectivity index (χ1v) is 6.81. The fourth-order valence-electron chi connectivity index (χ4n) is 2.11. The highest BCUT2D eigenvalue weighted by Gasteiger charge is 2.08. The summed E-state index contributed by atoms with van der Waals surface area (Å²) in [6.07, 6.45) is 1.95. The molecule has 3 N–H and O–H groups in total. The summed E-state index contributed by atoms with van der Waals surface area (Å²) in [7, 11) is 3.72. The molecule has 1 aromatic carbocycles. The van der Waals surface area contributed by atoms with Crippen LogP contribution in [0.25, 0.3) is 0 Å². The van der Waals surface area contributed by atoms with E-state index in [0.29, 0.717) is 6.54 Å². The molecular weight excluding hydrogens is 240 g/mol. The highest BCUT2D eigenvalue weighted by atomic mass is 16.5. The highest BCUT2D eigenvalue weighted by molar-refractivity contribution is 5.37. The normalized spacial score (nSPS) is 12.7. The molecule has 0 saturated carbocycles. The standard InChI is InChI=1S/C15H26N2O2/c1-4-12-5-6-15(19-3)13(9-12)7-8-17(2)10-14(16)11-18/h5-6,9,14,18H,4,7-8,10-11,16H2,1-3H3. The minimum absolute atomic E-state index is 0.0268. The summed E-state index contributed by atoms with van der Waals surface area (Å²) in [6, 6.07) is 6.17. The second kappa shape index (κ2) is 8.15. The molecule has 0 heterocycles. The monoisotopic (exact) mass is 266 g/mol. The van der Waals surface area contributed by atoms with Gasteiger partial charge >= 0.3 is 0 Å². The maximum atomic E-state index is 8.95. The van der Waals surface area contributed by atoms with Crippen LogP contribution in [0.15, 0.2) is 18.2 Å². The molecule has 1 atom stereocenters. The summed E-state index contributed by atoms with van der Waals surface area (Å²) in [6.45, 7) is 3.78. The maximum Gasteiger partial charge on any atom is 0.122 e. The highest BCUT2D eigenvalue weighted by Crippen LogP contribution is 2.21. The maximum absolute atomic E-state index is 8.95. The molecule has 0 aliphatic rings. The molecule has 19 heavy (non-hydrogen) atoms. The molecule has 0 radical (unpaired) electrons. The van der Waals surface area contributed by atoms with Crippen molar-refractivity contribution in [2.24, 2.45) is 5.73 Å². The van der Waals surface area contributed by atoms with E-state index in [1.54, 1.807) is 7.11 Å². The molecule has 0 bridgehead atoms. The number of methoxy groups -OCH3 is 1. The van der Waals surface area contributed by atoms with Gasteiger partial charge in [0.05, 0.1) is 13.7 Å². The van der Waals surface area contributed by atoms with Gasteiger partial charge in [0.1, 0.15) is 5.75 Å². The lowest BCUT2D eigenvalue weighted by molar-refractivity contribution is 0.222. The third-order valence-electron chi connectivity index (χ3n) is 3.30. The minimum Gasteiger partial charge on any atom is -0.496 e. The Bertz CT molecular complexity index is 382. The van der Waals surface area contributed by atoms with Gasteiger partial charge in [0.15, 0.2) is 0 Å². The van der Waals surface area contributed by atoms with Crippen molar-refractivity contribution in [1.82, 2.24) is 4.90 Å². The Kier molecular flexibility index (Phi) is 6.84. The fourth-order valence-corrected chi connectivity index (χ4v) is 2.11.